The lowest BCUT2D eigenvalue weighted by Gasteiger charge is -2.09. The van der Waals surface area contributed by atoms with Gasteiger partial charge in [0.05, 0.1) is 10.7 Å². The zero-order valence-electron chi connectivity index (χ0n) is 11.4. The van der Waals surface area contributed by atoms with E-state index in [0.717, 1.165) is 41.2 Å². The number of benzene rings is 1. The molecule has 100 valence electrons. The minimum Gasteiger partial charge on any atom is -0.506 e. The largest absolute Gasteiger partial charge is 0.506 e. The number of nitrogens with zero attached hydrogens (tertiary/aromatic N) is 2. The topological polar surface area (TPSA) is 46.0 Å². The summed E-state index contributed by atoms with van der Waals surface area (Å²) in [4.78, 5) is 9.00. The van der Waals surface area contributed by atoms with Crippen molar-refractivity contribution in [1.82, 2.24) is 9.97 Å². The number of aryl methyl sites for hydroxylation is 3. The molecule has 0 aliphatic carbocycles. The van der Waals surface area contributed by atoms with Crippen LogP contribution in [0.15, 0.2) is 18.2 Å². The molecule has 1 N–H and O–H groups in total. The van der Waals surface area contributed by atoms with Crippen molar-refractivity contribution in [2.45, 2.75) is 33.6 Å². The molecule has 0 saturated heterocycles. The molecule has 1 heterocycles. The van der Waals surface area contributed by atoms with Gasteiger partial charge in [0, 0.05) is 17.7 Å². The molecule has 0 unspecified atom stereocenters. The Morgan fingerprint density at radius 3 is 2.58 bits per heavy atom. The maximum atomic E-state index is 9.60. The maximum absolute atomic E-state index is 9.60. The van der Waals surface area contributed by atoms with E-state index in [4.69, 9.17) is 11.6 Å². The minimum absolute atomic E-state index is 0.0995. The van der Waals surface area contributed by atoms with Crippen molar-refractivity contribution in [3.8, 4) is 17.0 Å². The highest BCUT2D eigenvalue weighted by Gasteiger charge is 2.10. The second-order valence-electron chi connectivity index (χ2n) is 4.68. The Morgan fingerprint density at radius 1 is 1.16 bits per heavy atom. The van der Waals surface area contributed by atoms with E-state index in [2.05, 4.69) is 16.9 Å². The summed E-state index contributed by atoms with van der Waals surface area (Å²) >= 11 is 5.98. The van der Waals surface area contributed by atoms with Crippen molar-refractivity contribution < 1.29 is 5.11 Å². The van der Waals surface area contributed by atoms with Crippen LogP contribution in [0.25, 0.3) is 11.3 Å². The first-order chi connectivity index (χ1) is 9.01. The van der Waals surface area contributed by atoms with E-state index in [0.29, 0.717) is 5.02 Å². The predicted octanol–water partition coefficient (Wildman–Crippen LogP) is 4.07. The van der Waals surface area contributed by atoms with Crippen LogP contribution in [0.5, 0.6) is 5.75 Å². The number of phenolic OH excluding ortho intramolecular Hbond substituents is 1. The van der Waals surface area contributed by atoms with E-state index in [9.17, 15) is 5.11 Å². The summed E-state index contributed by atoms with van der Waals surface area (Å²) in [5.41, 5.74) is 3.68. The van der Waals surface area contributed by atoms with E-state index < -0.39 is 0 Å². The first-order valence-corrected chi connectivity index (χ1v) is 6.73. The Balaban J connectivity index is 2.55. The van der Waals surface area contributed by atoms with Crippen LogP contribution in [0.4, 0.5) is 0 Å². The van der Waals surface area contributed by atoms with E-state index in [1.54, 1.807) is 12.1 Å². The van der Waals surface area contributed by atoms with Crippen molar-refractivity contribution in [3.05, 3.63) is 40.3 Å². The Kier molecular flexibility index (Phi) is 4.05. The van der Waals surface area contributed by atoms with Crippen LogP contribution >= 0.6 is 11.6 Å². The monoisotopic (exact) mass is 276 g/mol. The number of hydrogen-bond donors (Lipinski definition) is 1. The Labute approximate surface area is 118 Å². The van der Waals surface area contributed by atoms with Gasteiger partial charge in [-0.1, -0.05) is 18.5 Å². The number of phenols is 1. The molecule has 3 nitrogen and oxygen atoms in total. The van der Waals surface area contributed by atoms with Crippen LogP contribution in [-0.4, -0.2) is 15.1 Å². The van der Waals surface area contributed by atoms with Gasteiger partial charge in [0.1, 0.15) is 11.6 Å². The van der Waals surface area contributed by atoms with E-state index in [1.807, 2.05) is 19.9 Å². The van der Waals surface area contributed by atoms with Crippen molar-refractivity contribution in [2.75, 3.05) is 0 Å². The second-order valence-corrected chi connectivity index (χ2v) is 5.09. The van der Waals surface area contributed by atoms with Gasteiger partial charge in [-0.25, -0.2) is 9.97 Å². The number of halogens is 1. The van der Waals surface area contributed by atoms with Crippen molar-refractivity contribution in [1.29, 1.82) is 0 Å². The minimum atomic E-state index is 0.0995. The SMILES string of the molecule is CCCc1nc(C)cc(-c2cc(Cl)c(O)cc2C)n1. The predicted molar refractivity (Wildman–Crippen MR) is 77.6 cm³/mol. The molecule has 19 heavy (non-hydrogen) atoms. The molecule has 0 bridgehead atoms. The average Bonchev–Trinajstić information content (AvgIpc) is 2.33. The summed E-state index contributed by atoms with van der Waals surface area (Å²) in [5.74, 6) is 0.948. The van der Waals surface area contributed by atoms with Crippen LogP contribution in [0, 0.1) is 13.8 Å². The molecule has 4 heteroatoms. The fourth-order valence-corrected chi connectivity index (χ4v) is 2.21. The van der Waals surface area contributed by atoms with Crippen LogP contribution in [0.2, 0.25) is 5.02 Å². The van der Waals surface area contributed by atoms with Gasteiger partial charge in [-0.2, -0.15) is 0 Å². The summed E-state index contributed by atoms with van der Waals surface area (Å²) < 4.78 is 0. The summed E-state index contributed by atoms with van der Waals surface area (Å²) in [5, 5.41) is 9.94. The molecule has 0 atom stereocenters. The fourth-order valence-electron chi connectivity index (χ4n) is 2.05. The first kappa shape index (κ1) is 13.8. The molecule has 1 aromatic heterocycles. The summed E-state index contributed by atoms with van der Waals surface area (Å²) in [6.07, 6.45) is 1.87. The Morgan fingerprint density at radius 2 is 1.89 bits per heavy atom. The van der Waals surface area contributed by atoms with E-state index in [-0.39, 0.29) is 5.75 Å². The van der Waals surface area contributed by atoms with Crippen LogP contribution in [0.3, 0.4) is 0 Å². The van der Waals surface area contributed by atoms with Gasteiger partial charge in [0.2, 0.25) is 0 Å². The normalized spacial score (nSPS) is 10.7. The van der Waals surface area contributed by atoms with Gasteiger partial charge in [0.25, 0.3) is 0 Å². The van der Waals surface area contributed by atoms with Gasteiger partial charge in [-0.3, -0.25) is 0 Å². The van der Waals surface area contributed by atoms with Crippen LogP contribution in [-0.2, 0) is 6.42 Å². The van der Waals surface area contributed by atoms with E-state index in [1.165, 1.54) is 0 Å². The Hall–Kier alpha value is -1.61. The molecule has 0 aliphatic heterocycles. The summed E-state index contributed by atoms with van der Waals surface area (Å²) in [6.45, 7) is 6.00. The molecule has 0 saturated carbocycles. The van der Waals surface area contributed by atoms with Gasteiger partial charge in [-0.15, -0.1) is 0 Å². The lowest BCUT2D eigenvalue weighted by Crippen LogP contribution is -1.99. The molecular formula is C15H17ClN2O. The van der Waals surface area contributed by atoms with Crippen molar-refractivity contribution in [3.63, 3.8) is 0 Å². The highest BCUT2D eigenvalue weighted by atomic mass is 35.5. The quantitative estimate of drug-likeness (QED) is 0.919. The molecule has 1 aromatic carbocycles. The van der Waals surface area contributed by atoms with Gasteiger partial charge >= 0.3 is 0 Å². The highest BCUT2D eigenvalue weighted by molar-refractivity contribution is 6.32. The summed E-state index contributed by atoms with van der Waals surface area (Å²) in [7, 11) is 0. The average molecular weight is 277 g/mol. The number of aromatic hydroxyl groups is 1. The van der Waals surface area contributed by atoms with Crippen molar-refractivity contribution >= 4 is 11.6 Å². The number of hydrogen-bond acceptors (Lipinski definition) is 3. The zero-order valence-corrected chi connectivity index (χ0v) is 12.1. The molecular weight excluding hydrogens is 260 g/mol. The standard InChI is InChI=1S/C15H17ClN2O/c1-4-5-15-17-10(3)7-13(18-15)11-8-12(16)14(19)6-9(11)2/h6-8,19H,4-5H2,1-3H3. The molecule has 0 amide bonds. The summed E-state index contributed by atoms with van der Waals surface area (Å²) in [6, 6.07) is 5.35. The fraction of sp³-hybridized carbons (Fsp3) is 0.333. The molecule has 0 aliphatic rings. The number of rotatable bonds is 3. The van der Waals surface area contributed by atoms with Crippen molar-refractivity contribution in [2.24, 2.45) is 0 Å². The first-order valence-electron chi connectivity index (χ1n) is 6.35. The number of aromatic nitrogens is 2. The second kappa shape index (κ2) is 5.57. The lowest BCUT2D eigenvalue weighted by atomic mass is 10.0. The smallest absolute Gasteiger partial charge is 0.134 e. The Bertz CT molecular complexity index is 611. The molecule has 2 rings (SSSR count). The maximum Gasteiger partial charge on any atom is 0.134 e. The molecule has 0 spiro atoms. The van der Waals surface area contributed by atoms with Crippen LogP contribution < -0.4 is 0 Å². The third-order valence-electron chi connectivity index (χ3n) is 2.94. The third-order valence-corrected chi connectivity index (χ3v) is 3.25. The van der Waals surface area contributed by atoms with E-state index >= 15 is 0 Å². The van der Waals surface area contributed by atoms with Gasteiger partial charge < -0.3 is 5.11 Å². The lowest BCUT2D eigenvalue weighted by molar-refractivity contribution is 0.475. The van der Waals surface area contributed by atoms with Gasteiger partial charge in [-0.05, 0) is 44.0 Å². The molecule has 0 fully saturated rings. The highest BCUT2D eigenvalue weighted by Crippen LogP contribution is 2.32. The van der Waals surface area contributed by atoms with Gasteiger partial charge in [0.15, 0.2) is 0 Å². The zero-order chi connectivity index (χ0) is 14.0. The molecule has 2 aromatic rings. The third kappa shape index (κ3) is 3.04. The molecule has 0 radical (unpaired) electrons. The van der Waals surface area contributed by atoms with Crippen LogP contribution in [0.1, 0.15) is 30.4 Å².